The largest absolute Gasteiger partial charge is 0.462 e. The summed E-state index contributed by atoms with van der Waals surface area (Å²) in [6.45, 7) is 4.90. The van der Waals surface area contributed by atoms with E-state index in [1.807, 2.05) is 18.2 Å². The molecule has 2 rings (SSSR count). The lowest BCUT2D eigenvalue weighted by Gasteiger charge is -2.10. The van der Waals surface area contributed by atoms with Crippen molar-refractivity contribution < 1.29 is 9.53 Å². The van der Waals surface area contributed by atoms with E-state index in [1.165, 1.54) is 0 Å². The first-order valence-corrected chi connectivity index (χ1v) is 5.34. The van der Waals surface area contributed by atoms with Crippen molar-refractivity contribution in [2.24, 2.45) is 11.3 Å². The van der Waals surface area contributed by atoms with Gasteiger partial charge in [-0.05, 0) is 24.5 Å². The second kappa shape index (κ2) is 3.69. The second-order valence-corrected chi connectivity index (χ2v) is 4.70. The summed E-state index contributed by atoms with van der Waals surface area (Å²) in [4.78, 5) is 11.6. The zero-order chi connectivity index (χ0) is 10.9. The molecular weight excluding hydrogens is 188 g/mol. The van der Waals surface area contributed by atoms with Crippen LogP contribution in [0.4, 0.5) is 0 Å². The Balaban J connectivity index is 1.89. The molecule has 0 bridgehead atoms. The minimum absolute atomic E-state index is 0.212. The molecule has 2 atom stereocenters. The van der Waals surface area contributed by atoms with E-state index in [-0.39, 0.29) is 11.4 Å². The predicted molar refractivity (Wildman–Crippen MR) is 58.6 cm³/mol. The van der Waals surface area contributed by atoms with E-state index < -0.39 is 0 Å². The second-order valence-electron chi connectivity index (χ2n) is 4.70. The van der Waals surface area contributed by atoms with Gasteiger partial charge in [0.15, 0.2) is 0 Å². The van der Waals surface area contributed by atoms with Gasteiger partial charge in [-0.25, -0.2) is 4.79 Å². The number of carbonyl (C=O) groups excluding carboxylic acids is 1. The highest BCUT2D eigenvalue weighted by Gasteiger charge is 2.47. The molecule has 0 N–H and O–H groups in total. The maximum absolute atomic E-state index is 11.6. The Bertz CT molecular complexity index is 358. The third-order valence-corrected chi connectivity index (χ3v) is 3.34. The normalized spacial score (nSPS) is 28.5. The van der Waals surface area contributed by atoms with Crippen LogP contribution in [0.2, 0.25) is 0 Å². The van der Waals surface area contributed by atoms with Crippen LogP contribution in [0.15, 0.2) is 30.3 Å². The highest BCUT2D eigenvalue weighted by molar-refractivity contribution is 5.89. The van der Waals surface area contributed by atoms with Crippen LogP contribution >= 0.6 is 0 Å². The molecule has 0 saturated heterocycles. The molecule has 0 aliphatic heterocycles. The number of hydrogen-bond donors (Lipinski definition) is 0. The fraction of sp³-hybridized carbons (Fsp3) is 0.462. The summed E-state index contributed by atoms with van der Waals surface area (Å²) < 4.78 is 5.29. The molecule has 1 aromatic rings. The lowest BCUT2D eigenvalue weighted by molar-refractivity contribution is 0.0419. The number of hydrogen-bond acceptors (Lipinski definition) is 2. The van der Waals surface area contributed by atoms with Crippen molar-refractivity contribution in [2.75, 3.05) is 6.61 Å². The molecule has 0 spiro atoms. The Morgan fingerprint density at radius 2 is 2.07 bits per heavy atom. The van der Waals surface area contributed by atoms with Crippen LogP contribution in [-0.2, 0) is 4.74 Å². The molecule has 2 heteroatoms. The van der Waals surface area contributed by atoms with Gasteiger partial charge in [0.1, 0.15) is 0 Å². The lowest BCUT2D eigenvalue weighted by atomic mass is 10.1. The molecule has 15 heavy (non-hydrogen) atoms. The van der Waals surface area contributed by atoms with Gasteiger partial charge < -0.3 is 4.74 Å². The molecule has 0 aromatic heterocycles. The van der Waals surface area contributed by atoms with Crippen LogP contribution < -0.4 is 0 Å². The highest BCUT2D eigenvalue weighted by atomic mass is 16.5. The van der Waals surface area contributed by atoms with Gasteiger partial charge in [-0.15, -0.1) is 0 Å². The van der Waals surface area contributed by atoms with E-state index in [4.69, 9.17) is 4.74 Å². The average Bonchev–Trinajstić information content (AvgIpc) is 2.85. The number of ether oxygens (including phenoxy) is 1. The van der Waals surface area contributed by atoms with Crippen LogP contribution in [0.25, 0.3) is 0 Å². The minimum atomic E-state index is -0.212. The van der Waals surface area contributed by atoms with Crippen molar-refractivity contribution >= 4 is 5.97 Å². The van der Waals surface area contributed by atoms with Crippen LogP contribution in [0.5, 0.6) is 0 Å². The molecule has 0 heterocycles. The predicted octanol–water partition coefficient (Wildman–Crippen LogP) is 2.89. The Kier molecular flexibility index (Phi) is 2.51. The molecule has 0 radical (unpaired) electrons. The summed E-state index contributed by atoms with van der Waals surface area (Å²) in [6, 6.07) is 9.14. The first-order valence-electron chi connectivity index (χ1n) is 5.34. The van der Waals surface area contributed by atoms with Crippen molar-refractivity contribution in [3.05, 3.63) is 35.9 Å². The first kappa shape index (κ1) is 10.2. The number of esters is 1. The van der Waals surface area contributed by atoms with Gasteiger partial charge in [0.2, 0.25) is 0 Å². The van der Waals surface area contributed by atoms with Crippen molar-refractivity contribution in [3.8, 4) is 0 Å². The Hall–Kier alpha value is -1.31. The highest BCUT2D eigenvalue weighted by Crippen LogP contribution is 2.51. The van der Waals surface area contributed by atoms with E-state index in [1.54, 1.807) is 12.1 Å². The summed E-state index contributed by atoms with van der Waals surface area (Å²) in [6.07, 6.45) is 1.16. The van der Waals surface area contributed by atoms with Gasteiger partial charge in [0.25, 0.3) is 0 Å². The van der Waals surface area contributed by atoms with Crippen LogP contribution in [0, 0.1) is 11.3 Å². The summed E-state index contributed by atoms with van der Waals surface area (Å²) in [5.41, 5.74) is 0.860. The molecule has 1 aliphatic rings. The van der Waals surface area contributed by atoms with E-state index in [2.05, 4.69) is 13.8 Å². The maximum Gasteiger partial charge on any atom is 0.338 e. The molecule has 0 amide bonds. The van der Waals surface area contributed by atoms with Crippen LogP contribution in [-0.4, -0.2) is 12.6 Å². The molecule has 2 nitrogen and oxygen atoms in total. The fourth-order valence-electron chi connectivity index (χ4n) is 1.73. The lowest BCUT2D eigenvalue weighted by Crippen LogP contribution is -2.13. The summed E-state index contributed by atoms with van der Waals surface area (Å²) in [5.74, 6) is 0.469. The molecule has 1 fully saturated rings. The van der Waals surface area contributed by atoms with Crippen molar-refractivity contribution in [3.63, 3.8) is 0 Å². The van der Waals surface area contributed by atoms with Gasteiger partial charge in [-0.1, -0.05) is 32.0 Å². The smallest absolute Gasteiger partial charge is 0.338 e. The Morgan fingerprint density at radius 3 is 2.60 bits per heavy atom. The van der Waals surface area contributed by atoms with Crippen molar-refractivity contribution in [1.82, 2.24) is 0 Å². The van der Waals surface area contributed by atoms with Crippen LogP contribution in [0.1, 0.15) is 30.6 Å². The first-order chi connectivity index (χ1) is 7.12. The molecule has 0 unspecified atom stereocenters. The Morgan fingerprint density at radius 1 is 1.47 bits per heavy atom. The topological polar surface area (TPSA) is 26.3 Å². The van der Waals surface area contributed by atoms with E-state index in [0.29, 0.717) is 18.1 Å². The van der Waals surface area contributed by atoms with Gasteiger partial charge in [-0.3, -0.25) is 0 Å². The van der Waals surface area contributed by atoms with Crippen molar-refractivity contribution in [1.29, 1.82) is 0 Å². The maximum atomic E-state index is 11.6. The van der Waals surface area contributed by atoms with Gasteiger partial charge in [-0.2, -0.15) is 0 Å². The number of carbonyl (C=O) groups is 1. The molecule has 1 aromatic carbocycles. The van der Waals surface area contributed by atoms with E-state index in [0.717, 1.165) is 6.42 Å². The standard InChI is InChI=1S/C13H16O2/c1-10-8-13(10,2)9-15-12(14)11-6-4-3-5-7-11/h3-7,10H,8-9H2,1-2H3/t10-,13+/m1/s1. The van der Waals surface area contributed by atoms with Gasteiger partial charge in [0, 0.05) is 5.41 Å². The zero-order valence-electron chi connectivity index (χ0n) is 9.19. The third-order valence-electron chi connectivity index (χ3n) is 3.34. The summed E-state index contributed by atoms with van der Waals surface area (Å²) >= 11 is 0. The molecule has 80 valence electrons. The number of benzene rings is 1. The molecule has 1 aliphatic carbocycles. The zero-order valence-corrected chi connectivity index (χ0v) is 9.19. The van der Waals surface area contributed by atoms with E-state index >= 15 is 0 Å². The Labute approximate surface area is 90.3 Å². The third kappa shape index (κ3) is 2.20. The summed E-state index contributed by atoms with van der Waals surface area (Å²) in [7, 11) is 0. The summed E-state index contributed by atoms with van der Waals surface area (Å²) in [5, 5.41) is 0. The molecular formula is C13H16O2. The quantitative estimate of drug-likeness (QED) is 0.708. The van der Waals surface area contributed by atoms with Gasteiger partial charge in [0.05, 0.1) is 12.2 Å². The van der Waals surface area contributed by atoms with Crippen LogP contribution in [0.3, 0.4) is 0 Å². The minimum Gasteiger partial charge on any atom is -0.462 e. The average molecular weight is 204 g/mol. The number of rotatable bonds is 3. The SMILES string of the molecule is C[C@@H]1C[C@@]1(C)COC(=O)c1ccccc1. The van der Waals surface area contributed by atoms with Crippen molar-refractivity contribution in [2.45, 2.75) is 20.3 Å². The monoisotopic (exact) mass is 204 g/mol. The van der Waals surface area contributed by atoms with E-state index in [9.17, 15) is 4.79 Å². The van der Waals surface area contributed by atoms with Gasteiger partial charge >= 0.3 is 5.97 Å². The fourth-order valence-corrected chi connectivity index (χ4v) is 1.73. The molecule has 1 saturated carbocycles.